The molecule has 0 radical (unpaired) electrons. The van der Waals surface area contributed by atoms with E-state index >= 15 is 0 Å². The number of carbonyl (C=O) groups is 2. The fourth-order valence-corrected chi connectivity index (χ4v) is 2.61. The van der Waals surface area contributed by atoms with Crippen molar-refractivity contribution in [2.24, 2.45) is 0 Å². The molecule has 0 aliphatic rings. The Bertz CT molecular complexity index is 984. The Labute approximate surface area is 155 Å². The molecule has 3 aromatic rings. The van der Waals surface area contributed by atoms with Crippen molar-refractivity contribution in [1.29, 1.82) is 0 Å². The van der Waals surface area contributed by atoms with Crippen LogP contribution in [0.5, 0.6) is 0 Å². The molecule has 0 saturated carbocycles. The van der Waals surface area contributed by atoms with E-state index in [0.717, 1.165) is 0 Å². The number of amides is 2. The number of aromatic nitrogens is 1. The molecular weight excluding hydrogens is 349 g/mol. The molecule has 27 heavy (non-hydrogen) atoms. The second-order valence-electron chi connectivity index (χ2n) is 5.89. The summed E-state index contributed by atoms with van der Waals surface area (Å²) in [4.78, 5) is 29.8. The highest BCUT2D eigenvalue weighted by Gasteiger charge is 2.21. The standard InChI is InChI=1S/C20H18FN3O3/c1-22-18(25)12-24(2)20(26)14-8-4-3-7-13(14)19-23-11-17(27-19)15-9-5-6-10-16(15)21/h3-11H,12H2,1-2H3,(H,22,25). The van der Waals surface area contributed by atoms with Gasteiger partial charge in [0.25, 0.3) is 5.91 Å². The summed E-state index contributed by atoms with van der Waals surface area (Å²) in [6.07, 6.45) is 1.42. The molecule has 6 nitrogen and oxygen atoms in total. The molecule has 0 bridgehead atoms. The van der Waals surface area contributed by atoms with E-state index in [4.69, 9.17) is 4.42 Å². The summed E-state index contributed by atoms with van der Waals surface area (Å²) in [6, 6.07) is 13.0. The van der Waals surface area contributed by atoms with Gasteiger partial charge in [0.15, 0.2) is 5.76 Å². The first-order valence-electron chi connectivity index (χ1n) is 8.27. The Morgan fingerprint density at radius 3 is 2.48 bits per heavy atom. The molecule has 2 aromatic carbocycles. The van der Waals surface area contributed by atoms with Crippen LogP contribution in [-0.2, 0) is 4.79 Å². The van der Waals surface area contributed by atoms with Gasteiger partial charge in [-0.15, -0.1) is 0 Å². The summed E-state index contributed by atoms with van der Waals surface area (Å²) >= 11 is 0. The van der Waals surface area contributed by atoms with Crippen LogP contribution in [0.25, 0.3) is 22.8 Å². The lowest BCUT2D eigenvalue weighted by molar-refractivity contribution is -0.121. The van der Waals surface area contributed by atoms with Gasteiger partial charge in [0.05, 0.1) is 23.9 Å². The number of carbonyl (C=O) groups excluding carboxylic acids is 2. The number of hydrogen-bond acceptors (Lipinski definition) is 4. The Morgan fingerprint density at radius 1 is 1.11 bits per heavy atom. The Kier molecular flexibility index (Phi) is 5.30. The van der Waals surface area contributed by atoms with Crippen LogP contribution in [0.1, 0.15) is 10.4 Å². The maximum atomic E-state index is 14.0. The van der Waals surface area contributed by atoms with Crippen LogP contribution < -0.4 is 5.32 Å². The molecular formula is C20H18FN3O3. The molecule has 0 unspecified atom stereocenters. The minimum Gasteiger partial charge on any atom is -0.436 e. The molecule has 2 amide bonds. The minimum absolute atomic E-state index is 0.0737. The lowest BCUT2D eigenvalue weighted by Crippen LogP contribution is -2.37. The third kappa shape index (κ3) is 3.87. The summed E-state index contributed by atoms with van der Waals surface area (Å²) in [6.45, 7) is -0.0737. The third-order valence-corrected chi connectivity index (χ3v) is 4.04. The average Bonchev–Trinajstić information content (AvgIpc) is 3.17. The predicted octanol–water partition coefficient (Wildman–Crippen LogP) is 2.97. The van der Waals surface area contributed by atoms with Crippen LogP contribution in [0, 0.1) is 5.82 Å². The quantitative estimate of drug-likeness (QED) is 0.752. The van der Waals surface area contributed by atoms with Crippen LogP contribution in [0.2, 0.25) is 0 Å². The van der Waals surface area contributed by atoms with Crippen molar-refractivity contribution in [3.8, 4) is 22.8 Å². The second-order valence-corrected chi connectivity index (χ2v) is 5.89. The first-order chi connectivity index (χ1) is 13.0. The number of nitrogens with one attached hydrogen (secondary N) is 1. The molecule has 1 heterocycles. The monoisotopic (exact) mass is 367 g/mol. The van der Waals surface area contributed by atoms with E-state index in [1.807, 2.05) is 0 Å². The van der Waals surface area contributed by atoms with Gasteiger partial charge in [-0.1, -0.05) is 24.3 Å². The van der Waals surface area contributed by atoms with E-state index in [1.165, 1.54) is 31.3 Å². The highest BCUT2D eigenvalue weighted by atomic mass is 19.1. The van der Waals surface area contributed by atoms with Crippen molar-refractivity contribution < 1.29 is 18.4 Å². The zero-order chi connectivity index (χ0) is 19.4. The van der Waals surface area contributed by atoms with Gasteiger partial charge in [-0.2, -0.15) is 0 Å². The van der Waals surface area contributed by atoms with Gasteiger partial charge in [-0.25, -0.2) is 9.37 Å². The van der Waals surface area contributed by atoms with E-state index in [1.54, 1.807) is 42.5 Å². The van der Waals surface area contributed by atoms with Crippen molar-refractivity contribution in [2.45, 2.75) is 0 Å². The van der Waals surface area contributed by atoms with Crippen LogP contribution in [0.3, 0.4) is 0 Å². The molecule has 138 valence electrons. The first kappa shape index (κ1) is 18.3. The van der Waals surface area contributed by atoms with Crippen molar-refractivity contribution in [3.05, 3.63) is 66.1 Å². The highest BCUT2D eigenvalue weighted by molar-refractivity contribution is 6.01. The number of nitrogens with zero attached hydrogens (tertiary/aromatic N) is 2. The summed E-state index contributed by atoms with van der Waals surface area (Å²) in [5.74, 6) is -0.578. The number of benzene rings is 2. The van der Waals surface area contributed by atoms with E-state index in [-0.39, 0.29) is 35.6 Å². The molecule has 0 atom stereocenters. The topological polar surface area (TPSA) is 75.4 Å². The van der Waals surface area contributed by atoms with Crippen molar-refractivity contribution in [1.82, 2.24) is 15.2 Å². The van der Waals surface area contributed by atoms with E-state index < -0.39 is 5.82 Å². The Balaban J connectivity index is 1.94. The van der Waals surface area contributed by atoms with Gasteiger partial charge < -0.3 is 14.6 Å². The zero-order valence-electron chi connectivity index (χ0n) is 14.9. The first-order valence-corrected chi connectivity index (χ1v) is 8.27. The maximum Gasteiger partial charge on any atom is 0.254 e. The summed E-state index contributed by atoms with van der Waals surface area (Å²) in [5, 5.41) is 2.48. The molecule has 0 aliphatic carbocycles. The molecule has 1 N–H and O–H groups in total. The van der Waals surface area contributed by atoms with Crippen LogP contribution in [0.15, 0.2) is 59.1 Å². The lowest BCUT2D eigenvalue weighted by atomic mass is 10.1. The summed E-state index contributed by atoms with van der Waals surface area (Å²) in [7, 11) is 3.04. The lowest BCUT2D eigenvalue weighted by Gasteiger charge is -2.17. The smallest absolute Gasteiger partial charge is 0.254 e. The Hall–Kier alpha value is -3.48. The largest absolute Gasteiger partial charge is 0.436 e. The van der Waals surface area contributed by atoms with Gasteiger partial charge >= 0.3 is 0 Å². The zero-order valence-corrected chi connectivity index (χ0v) is 14.9. The van der Waals surface area contributed by atoms with Crippen molar-refractivity contribution >= 4 is 11.8 Å². The van der Waals surface area contributed by atoms with Gasteiger partial charge in [0, 0.05) is 19.7 Å². The predicted molar refractivity (Wildman–Crippen MR) is 98.4 cm³/mol. The molecule has 7 heteroatoms. The van der Waals surface area contributed by atoms with Crippen molar-refractivity contribution in [2.75, 3.05) is 20.6 Å². The molecule has 0 aliphatic heterocycles. The fourth-order valence-electron chi connectivity index (χ4n) is 2.61. The van der Waals surface area contributed by atoms with Crippen LogP contribution in [-0.4, -0.2) is 42.3 Å². The SMILES string of the molecule is CNC(=O)CN(C)C(=O)c1ccccc1-c1ncc(-c2ccccc2F)o1. The maximum absolute atomic E-state index is 14.0. The molecule has 3 rings (SSSR count). The fraction of sp³-hybridized carbons (Fsp3) is 0.150. The number of halogens is 1. The highest BCUT2D eigenvalue weighted by Crippen LogP contribution is 2.29. The van der Waals surface area contributed by atoms with Gasteiger partial charge in [-0.05, 0) is 24.3 Å². The molecule has 1 aromatic heterocycles. The van der Waals surface area contributed by atoms with Crippen LogP contribution >= 0.6 is 0 Å². The van der Waals surface area contributed by atoms with Gasteiger partial charge in [0.2, 0.25) is 11.8 Å². The number of hydrogen-bond donors (Lipinski definition) is 1. The third-order valence-electron chi connectivity index (χ3n) is 4.04. The normalized spacial score (nSPS) is 10.5. The summed E-state index contributed by atoms with van der Waals surface area (Å²) in [5.41, 5.74) is 1.09. The second kappa shape index (κ2) is 7.82. The molecule has 0 saturated heterocycles. The summed E-state index contributed by atoms with van der Waals surface area (Å²) < 4.78 is 19.7. The molecule has 0 spiro atoms. The minimum atomic E-state index is -0.421. The van der Waals surface area contributed by atoms with Crippen LogP contribution in [0.4, 0.5) is 4.39 Å². The van der Waals surface area contributed by atoms with E-state index in [0.29, 0.717) is 11.1 Å². The van der Waals surface area contributed by atoms with Gasteiger partial charge in [-0.3, -0.25) is 9.59 Å². The average molecular weight is 367 g/mol. The number of rotatable bonds is 5. The molecule has 0 fully saturated rings. The number of likely N-dealkylation sites (N-methyl/N-ethyl adjacent to an activating group) is 2. The van der Waals surface area contributed by atoms with E-state index in [2.05, 4.69) is 10.3 Å². The van der Waals surface area contributed by atoms with Crippen molar-refractivity contribution in [3.63, 3.8) is 0 Å². The Morgan fingerprint density at radius 2 is 1.78 bits per heavy atom. The van der Waals surface area contributed by atoms with Gasteiger partial charge in [0.1, 0.15) is 5.82 Å². The number of oxazole rings is 1. The van der Waals surface area contributed by atoms with E-state index in [9.17, 15) is 14.0 Å².